The zero-order valence-corrected chi connectivity index (χ0v) is 13.3. The summed E-state index contributed by atoms with van der Waals surface area (Å²) in [7, 11) is 3.95. The van der Waals surface area contributed by atoms with E-state index in [1.807, 2.05) is 43.3 Å². The zero-order chi connectivity index (χ0) is 16.2. The van der Waals surface area contributed by atoms with E-state index in [1.165, 1.54) is 0 Å². The molecule has 1 fully saturated rings. The first kappa shape index (κ1) is 15.2. The minimum absolute atomic E-state index is 0.254. The van der Waals surface area contributed by atoms with Crippen molar-refractivity contribution in [1.82, 2.24) is 10.5 Å². The zero-order valence-electron chi connectivity index (χ0n) is 13.3. The maximum Gasteiger partial charge on any atom is 0.274 e. The number of anilines is 1. The summed E-state index contributed by atoms with van der Waals surface area (Å²) in [5.41, 5.74) is 2.31. The molecule has 1 amide bonds. The van der Waals surface area contributed by atoms with E-state index in [-0.39, 0.29) is 12.5 Å². The molecule has 0 atom stereocenters. The Morgan fingerprint density at radius 1 is 1.39 bits per heavy atom. The topological polar surface area (TPSA) is 58.4 Å². The number of para-hydroxylation sites is 1. The quantitative estimate of drug-likeness (QED) is 0.881. The van der Waals surface area contributed by atoms with Gasteiger partial charge >= 0.3 is 0 Å². The molecule has 2 aromatic rings. The summed E-state index contributed by atoms with van der Waals surface area (Å²) >= 11 is 0. The van der Waals surface area contributed by atoms with E-state index < -0.39 is 0 Å². The van der Waals surface area contributed by atoms with Crippen LogP contribution in [0.2, 0.25) is 0 Å². The van der Waals surface area contributed by atoms with Crippen LogP contribution in [-0.4, -0.2) is 31.7 Å². The highest BCUT2D eigenvalue weighted by molar-refractivity contribution is 5.92. The molecule has 3 rings (SSSR count). The van der Waals surface area contributed by atoms with Crippen LogP contribution in [0.15, 0.2) is 34.9 Å². The Hall–Kier alpha value is -2.74. The molecule has 1 aromatic carbocycles. The van der Waals surface area contributed by atoms with Crippen LogP contribution in [0.5, 0.6) is 0 Å². The number of amides is 1. The normalized spacial score (nSPS) is 13.1. The Balaban J connectivity index is 1.58. The van der Waals surface area contributed by atoms with Gasteiger partial charge in [-0.25, -0.2) is 0 Å². The highest BCUT2D eigenvalue weighted by Gasteiger charge is 2.28. The van der Waals surface area contributed by atoms with Crippen molar-refractivity contribution in [2.45, 2.75) is 18.8 Å². The molecule has 0 spiro atoms. The van der Waals surface area contributed by atoms with Gasteiger partial charge < -0.3 is 14.7 Å². The summed E-state index contributed by atoms with van der Waals surface area (Å²) in [6.07, 6.45) is 2.24. The highest BCUT2D eigenvalue weighted by Crippen LogP contribution is 2.40. The molecule has 5 nitrogen and oxygen atoms in total. The van der Waals surface area contributed by atoms with Gasteiger partial charge in [-0.05, 0) is 25.0 Å². The predicted molar refractivity (Wildman–Crippen MR) is 88.5 cm³/mol. The SMILES string of the molecule is CN(C)c1ccccc1C#CCNC(=O)c1cc(C2CC2)on1. The van der Waals surface area contributed by atoms with E-state index in [4.69, 9.17) is 4.52 Å². The largest absolute Gasteiger partial charge is 0.377 e. The molecule has 0 unspecified atom stereocenters. The second kappa shape index (κ2) is 6.57. The Bertz CT molecular complexity index is 764. The van der Waals surface area contributed by atoms with E-state index in [2.05, 4.69) is 22.3 Å². The van der Waals surface area contributed by atoms with Crippen LogP contribution >= 0.6 is 0 Å². The molecular weight excluding hydrogens is 290 g/mol. The van der Waals surface area contributed by atoms with Gasteiger partial charge in [0.05, 0.1) is 12.2 Å². The van der Waals surface area contributed by atoms with Crippen LogP contribution in [0.3, 0.4) is 0 Å². The number of carbonyl (C=O) groups is 1. The Morgan fingerprint density at radius 3 is 2.91 bits per heavy atom. The van der Waals surface area contributed by atoms with Crippen molar-refractivity contribution in [3.8, 4) is 11.8 Å². The maximum atomic E-state index is 12.0. The fourth-order valence-electron chi connectivity index (χ4n) is 2.28. The van der Waals surface area contributed by atoms with Gasteiger partial charge in [0.1, 0.15) is 5.76 Å². The molecular formula is C18H19N3O2. The number of nitrogens with one attached hydrogen (secondary N) is 1. The molecule has 1 aromatic heterocycles. The van der Waals surface area contributed by atoms with Gasteiger partial charge in [-0.3, -0.25) is 4.79 Å². The summed E-state index contributed by atoms with van der Waals surface area (Å²) in [4.78, 5) is 14.0. The van der Waals surface area contributed by atoms with Crippen molar-refractivity contribution in [2.24, 2.45) is 0 Å². The van der Waals surface area contributed by atoms with Crippen LogP contribution in [0.1, 0.15) is 40.6 Å². The lowest BCUT2D eigenvalue weighted by molar-refractivity contribution is 0.0949. The van der Waals surface area contributed by atoms with Gasteiger partial charge in [-0.2, -0.15) is 0 Å². The molecule has 23 heavy (non-hydrogen) atoms. The average Bonchev–Trinajstić information content (AvgIpc) is 3.28. The van der Waals surface area contributed by atoms with Gasteiger partial charge in [0.2, 0.25) is 0 Å². The number of rotatable bonds is 4. The summed E-state index contributed by atoms with van der Waals surface area (Å²) < 4.78 is 5.18. The molecule has 0 bridgehead atoms. The van der Waals surface area contributed by atoms with Crippen LogP contribution in [-0.2, 0) is 0 Å². The number of hydrogen-bond donors (Lipinski definition) is 1. The first-order valence-corrected chi connectivity index (χ1v) is 7.65. The van der Waals surface area contributed by atoms with Crippen LogP contribution in [0.4, 0.5) is 5.69 Å². The van der Waals surface area contributed by atoms with Gasteiger partial charge in [0.25, 0.3) is 5.91 Å². The number of benzene rings is 1. The second-order valence-electron chi connectivity index (χ2n) is 5.78. The maximum absolute atomic E-state index is 12.0. The van der Waals surface area contributed by atoms with E-state index in [0.29, 0.717) is 11.6 Å². The van der Waals surface area contributed by atoms with E-state index >= 15 is 0 Å². The monoisotopic (exact) mass is 309 g/mol. The van der Waals surface area contributed by atoms with Gasteiger partial charge in [0, 0.05) is 31.6 Å². The number of nitrogens with zero attached hydrogens (tertiary/aromatic N) is 2. The van der Waals surface area contributed by atoms with Crippen LogP contribution < -0.4 is 10.2 Å². The van der Waals surface area contributed by atoms with Crippen molar-refractivity contribution in [3.05, 3.63) is 47.3 Å². The van der Waals surface area contributed by atoms with Crippen LogP contribution in [0.25, 0.3) is 0 Å². The lowest BCUT2D eigenvalue weighted by Gasteiger charge is -2.13. The van der Waals surface area contributed by atoms with Crippen LogP contribution in [0, 0.1) is 11.8 Å². The Morgan fingerprint density at radius 2 is 2.17 bits per heavy atom. The molecule has 0 radical (unpaired) electrons. The molecule has 1 heterocycles. The second-order valence-corrected chi connectivity index (χ2v) is 5.78. The summed E-state index contributed by atoms with van der Waals surface area (Å²) in [5.74, 6) is 7.06. The first-order chi connectivity index (χ1) is 11.1. The average molecular weight is 309 g/mol. The van der Waals surface area contributed by atoms with E-state index in [9.17, 15) is 4.79 Å². The minimum Gasteiger partial charge on any atom is -0.377 e. The molecule has 118 valence electrons. The number of carbonyl (C=O) groups excluding carboxylic acids is 1. The fourth-order valence-corrected chi connectivity index (χ4v) is 2.28. The minimum atomic E-state index is -0.254. The molecule has 0 saturated heterocycles. The van der Waals surface area contributed by atoms with Gasteiger partial charge in [-0.15, -0.1) is 0 Å². The van der Waals surface area contributed by atoms with Gasteiger partial charge in [0.15, 0.2) is 5.69 Å². The van der Waals surface area contributed by atoms with Gasteiger partial charge in [-0.1, -0.05) is 29.1 Å². The third kappa shape index (κ3) is 3.72. The standard InChI is InChI=1S/C18H19N3O2/c1-21(2)16-8-4-3-6-13(16)7-5-11-19-18(22)15-12-17(23-20-15)14-9-10-14/h3-4,6,8,12,14H,9-11H2,1-2H3,(H,19,22). The first-order valence-electron chi connectivity index (χ1n) is 7.65. The van der Waals surface area contributed by atoms with Crippen molar-refractivity contribution in [2.75, 3.05) is 25.5 Å². The number of aromatic nitrogens is 1. The molecule has 5 heteroatoms. The predicted octanol–water partition coefficient (Wildman–Crippen LogP) is 2.40. The fraction of sp³-hybridized carbons (Fsp3) is 0.333. The van der Waals surface area contributed by atoms with Crippen molar-refractivity contribution in [3.63, 3.8) is 0 Å². The lowest BCUT2D eigenvalue weighted by atomic mass is 10.1. The Kier molecular flexibility index (Phi) is 4.33. The van der Waals surface area contributed by atoms with Crippen molar-refractivity contribution >= 4 is 11.6 Å². The molecule has 1 saturated carbocycles. The van der Waals surface area contributed by atoms with E-state index in [1.54, 1.807) is 6.07 Å². The Labute approximate surface area is 135 Å². The molecule has 0 aliphatic heterocycles. The smallest absolute Gasteiger partial charge is 0.274 e. The summed E-state index contributed by atoms with van der Waals surface area (Å²) in [5, 5.41) is 6.55. The van der Waals surface area contributed by atoms with E-state index in [0.717, 1.165) is 29.9 Å². The van der Waals surface area contributed by atoms with Crippen molar-refractivity contribution < 1.29 is 9.32 Å². The number of hydrogen-bond acceptors (Lipinski definition) is 4. The highest BCUT2D eigenvalue weighted by atomic mass is 16.5. The molecule has 1 aliphatic carbocycles. The van der Waals surface area contributed by atoms with Crippen molar-refractivity contribution in [1.29, 1.82) is 0 Å². The third-order valence-electron chi connectivity index (χ3n) is 3.69. The molecule has 1 aliphatic rings. The molecule has 1 N–H and O–H groups in total. The summed E-state index contributed by atoms with van der Waals surface area (Å²) in [6, 6.07) is 9.62. The summed E-state index contributed by atoms with van der Waals surface area (Å²) in [6.45, 7) is 0.270. The third-order valence-corrected chi connectivity index (χ3v) is 3.69. The lowest BCUT2D eigenvalue weighted by Crippen LogP contribution is -2.23.